The molecule has 0 N–H and O–H groups in total. The smallest absolute Gasteiger partial charge is 0.266 e. The minimum atomic E-state index is 0.493. The van der Waals surface area contributed by atoms with Crippen LogP contribution in [-0.2, 0) is 4.74 Å². The van der Waals surface area contributed by atoms with E-state index in [1.807, 2.05) is 19.1 Å². The number of aromatic nitrogens is 2. The lowest BCUT2D eigenvalue weighted by atomic mass is 10.0. The van der Waals surface area contributed by atoms with Crippen molar-refractivity contribution in [1.82, 2.24) is 10.1 Å². The number of ether oxygens (including phenoxy) is 2. The van der Waals surface area contributed by atoms with E-state index in [0.717, 1.165) is 35.5 Å². The van der Waals surface area contributed by atoms with Crippen molar-refractivity contribution in [1.29, 1.82) is 0 Å². The van der Waals surface area contributed by atoms with Gasteiger partial charge in [-0.2, -0.15) is 4.98 Å². The van der Waals surface area contributed by atoms with Crippen LogP contribution in [0.2, 0.25) is 0 Å². The van der Waals surface area contributed by atoms with Crippen molar-refractivity contribution < 1.29 is 14.0 Å². The predicted molar refractivity (Wildman–Crippen MR) is 84.1 cm³/mol. The topological polar surface area (TPSA) is 60.6 Å². The molecule has 2 heterocycles. The third-order valence-corrected chi connectivity index (χ3v) is 3.74. The summed E-state index contributed by atoms with van der Waals surface area (Å²) >= 11 is 0. The summed E-state index contributed by atoms with van der Waals surface area (Å²) < 4.78 is 16.2. The Balaban J connectivity index is 1.94. The van der Waals surface area contributed by atoms with Crippen LogP contribution in [0.4, 0.5) is 5.95 Å². The maximum Gasteiger partial charge on any atom is 0.266 e. The van der Waals surface area contributed by atoms with Crippen LogP contribution < -0.4 is 9.64 Å². The summed E-state index contributed by atoms with van der Waals surface area (Å²) in [5.41, 5.74) is 2.85. The molecule has 0 aliphatic carbocycles. The van der Waals surface area contributed by atoms with Crippen molar-refractivity contribution in [2.75, 3.05) is 38.3 Å². The molecule has 6 nitrogen and oxygen atoms in total. The van der Waals surface area contributed by atoms with Gasteiger partial charge in [0.2, 0.25) is 0 Å². The van der Waals surface area contributed by atoms with Gasteiger partial charge >= 0.3 is 0 Å². The lowest BCUT2D eigenvalue weighted by molar-refractivity contribution is 0.121. The van der Waals surface area contributed by atoms with Gasteiger partial charge in [-0.05, 0) is 29.8 Å². The summed E-state index contributed by atoms with van der Waals surface area (Å²) in [6.07, 6.45) is 1.77. The molecule has 0 amide bonds. The van der Waals surface area contributed by atoms with Gasteiger partial charge in [-0.15, -0.1) is 0 Å². The van der Waals surface area contributed by atoms with Gasteiger partial charge in [-0.1, -0.05) is 12.7 Å². The van der Waals surface area contributed by atoms with Crippen LogP contribution in [0, 0.1) is 6.92 Å². The first-order valence-electron chi connectivity index (χ1n) is 7.20. The van der Waals surface area contributed by atoms with E-state index < -0.39 is 0 Å². The molecule has 0 atom stereocenters. The van der Waals surface area contributed by atoms with Crippen LogP contribution in [0.5, 0.6) is 5.75 Å². The van der Waals surface area contributed by atoms with Gasteiger partial charge in [0.05, 0.1) is 20.3 Å². The fraction of sp³-hybridized carbons (Fsp3) is 0.375. The maximum absolute atomic E-state index is 5.43. The van der Waals surface area contributed by atoms with E-state index in [2.05, 4.69) is 21.6 Å². The molecule has 1 aliphatic heterocycles. The molecule has 0 spiro atoms. The minimum absolute atomic E-state index is 0.493. The van der Waals surface area contributed by atoms with E-state index >= 15 is 0 Å². The third-order valence-electron chi connectivity index (χ3n) is 3.74. The molecule has 6 heteroatoms. The Labute approximate surface area is 129 Å². The van der Waals surface area contributed by atoms with Gasteiger partial charge in [-0.25, -0.2) is 0 Å². The zero-order valence-corrected chi connectivity index (χ0v) is 12.8. The normalized spacial score (nSPS) is 14.9. The Hall–Kier alpha value is -2.34. The number of rotatable bonds is 4. The minimum Gasteiger partial charge on any atom is -0.496 e. The quantitative estimate of drug-likeness (QED) is 0.865. The SMILES string of the molecule is C=Cc1cc(C)c(-c2nc(N3CCOCC3)no2)cc1OC. The highest BCUT2D eigenvalue weighted by atomic mass is 16.5. The van der Waals surface area contributed by atoms with E-state index in [1.165, 1.54) is 0 Å². The monoisotopic (exact) mass is 301 g/mol. The Morgan fingerprint density at radius 1 is 1.32 bits per heavy atom. The van der Waals surface area contributed by atoms with Crippen LogP contribution in [0.15, 0.2) is 23.2 Å². The summed E-state index contributed by atoms with van der Waals surface area (Å²) in [7, 11) is 1.63. The van der Waals surface area contributed by atoms with Crippen LogP contribution >= 0.6 is 0 Å². The van der Waals surface area contributed by atoms with Crippen molar-refractivity contribution in [3.63, 3.8) is 0 Å². The van der Waals surface area contributed by atoms with Crippen molar-refractivity contribution in [2.24, 2.45) is 0 Å². The molecule has 0 radical (unpaired) electrons. The maximum atomic E-state index is 5.43. The Kier molecular flexibility index (Phi) is 4.11. The summed E-state index contributed by atoms with van der Waals surface area (Å²) in [6.45, 7) is 8.72. The second kappa shape index (κ2) is 6.19. The van der Waals surface area contributed by atoms with Gasteiger partial charge in [0.25, 0.3) is 11.8 Å². The number of hydrogen-bond acceptors (Lipinski definition) is 6. The largest absolute Gasteiger partial charge is 0.496 e. The average molecular weight is 301 g/mol. The molecule has 1 saturated heterocycles. The molecule has 0 unspecified atom stereocenters. The highest BCUT2D eigenvalue weighted by molar-refractivity contribution is 5.68. The van der Waals surface area contributed by atoms with Crippen LogP contribution in [-0.4, -0.2) is 43.6 Å². The average Bonchev–Trinajstić information content (AvgIpc) is 3.05. The number of hydrogen-bond donors (Lipinski definition) is 0. The molecular weight excluding hydrogens is 282 g/mol. The molecular formula is C16H19N3O3. The Morgan fingerprint density at radius 2 is 2.09 bits per heavy atom. The highest BCUT2D eigenvalue weighted by Crippen LogP contribution is 2.31. The summed E-state index contributed by atoms with van der Waals surface area (Å²) in [6, 6.07) is 3.91. The van der Waals surface area contributed by atoms with Gasteiger partial charge in [-0.3, -0.25) is 0 Å². The molecule has 22 heavy (non-hydrogen) atoms. The predicted octanol–water partition coefficient (Wildman–Crippen LogP) is 2.53. The molecule has 1 aromatic carbocycles. The zero-order chi connectivity index (χ0) is 15.5. The van der Waals surface area contributed by atoms with Gasteiger partial charge in [0.15, 0.2) is 0 Å². The first-order valence-corrected chi connectivity index (χ1v) is 7.20. The third kappa shape index (κ3) is 2.69. The lowest BCUT2D eigenvalue weighted by Gasteiger charge is -2.24. The molecule has 2 aromatic rings. The second-order valence-corrected chi connectivity index (χ2v) is 5.11. The van der Waals surface area contributed by atoms with Crippen molar-refractivity contribution in [2.45, 2.75) is 6.92 Å². The Morgan fingerprint density at radius 3 is 2.77 bits per heavy atom. The molecule has 116 valence electrons. The van der Waals surface area contributed by atoms with Crippen LogP contribution in [0.3, 0.4) is 0 Å². The number of anilines is 1. The number of benzene rings is 1. The summed E-state index contributed by atoms with van der Waals surface area (Å²) in [5, 5.41) is 4.08. The lowest BCUT2D eigenvalue weighted by Crippen LogP contribution is -2.36. The van der Waals surface area contributed by atoms with Gasteiger partial charge in [0, 0.05) is 24.2 Å². The van der Waals surface area contributed by atoms with E-state index in [4.69, 9.17) is 14.0 Å². The molecule has 0 saturated carbocycles. The molecule has 1 aliphatic rings. The number of morpholine rings is 1. The molecule has 3 rings (SSSR count). The van der Waals surface area contributed by atoms with Crippen LogP contribution in [0.25, 0.3) is 17.5 Å². The van der Waals surface area contributed by atoms with Crippen LogP contribution in [0.1, 0.15) is 11.1 Å². The molecule has 1 fully saturated rings. The zero-order valence-electron chi connectivity index (χ0n) is 12.8. The summed E-state index contributed by atoms with van der Waals surface area (Å²) in [4.78, 5) is 6.56. The first-order chi connectivity index (χ1) is 10.7. The first kappa shape index (κ1) is 14.6. The van der Waals surface area contributed by atoms with Crippen molar-refractivity contribution >= 4 is 12.0 Å². The van der Waals surface area contributed by atoms with Gasteiger partial charge in [0.1, 0.15) is 5.75 Å². The van der Waals surface area contributed by atoms with E-state index in [-0.39, 0.29) is 0 Å². The number of nitrogens with zero attached hydrogens (tertiary/aromatic N) is 3. The van der Waals surface area contributed by atoms with E-state index in [0.29, 0.717) is 25.1 Å². The number of methoxy groups -OCH3 is 1. The van der Waals surface area contributed by atoms with E-state index in [9.17, 15) is 0 Å². The number of aryl methyl sites for hydroxylation is 1. The Bertz CT molecular complexity index is 675. The van der Waals surface area contributed by atoms with Crippen molar-refractivity contribution in [3.8, 4) is 17.2 Å². The van der Waals surface area contributed by atoms with Crippen molar-refractivity contribution in [3.05, 3.63) is 29.8 Å². The molecule has 0 bridgehead atoms. The summed E-state index contributed by atoms with van der Waals surface area (Å²) in [5.74, 6) is 1.83. The van der Waals surface area contributed by atoms with Gasteiger partial charge < -0.3 is 18.9 Å². The second-order valence-electron chi connectivity index (χ2n) is 5.11. The fourth-order valence-electron chi connectivity index (χ4n) is 2.49. The molecule has 1 aromatic heterocycles. The van der Waals surface area contributed by atoms with E-state index in [1.54, 1.807) is 13.2 Å². The fourth-order valence-corrected chi connectivity index (χ4v) is 2.49. The standard InChI is InChI=1S/C16H19N3O3/c1-4-12-9-11(2)13(10-14(12)20-3)15-17-16(18-22-15)19-5-7-21-8-6-19/h4,9-10H,1,5-8H2,2-3H3. The highest BCUT2D eigenvalue weighted by Gasteiger charge is 2.19.